The first kappa shape index (κ1) is 13.3. The molecule has 0 aromatic carbocycles. The second kappa shape index (κ2) is 5.41. The van der Waals surface area contributed by atoms with Gasteiger partial charge in [0, 0.05) is 25.2 Å². The zero-order valence-electron chi connectivity index (χ0n) is 12.8. The van der Waals surface area contributed by atoms with Crippen LogP contribution in [0.4, 0.5) is 0 Å². The summed E-state index contributed by atoms with van der Waals surface area (Å²) in [6.07, 6.45) is 9.60. The van der Waals surface area contributed by atoms with Gasteiger partial charge >= 0.3 is 0 Å². The first-order chi connectivity index (χ1) is 10.3. The van der Waals surface area contributed by atoms with E-state index >= 15 is 0 Å². The molecule has 1 unspecified atom stereocenters. The summed E-state index contributed by atoms with van der Waals surface area (Å²) in [7, 11) is 2.24. The van der Waals surface area contributed by atoms with Crippen molar-refractivity contribution in [3.63, 3.8) is 0 Å². The Morgan fingerprint density at radius 2 is 2.14 bits per heavy atom. The molecule has 112 valence electrons. The van der Waals surface area contributed by atoms with Crippen molar-refractivity contribution in [1.29, 1.82) is 0 Å². The number of fused-ring (bicyclic) bond motifs is 1. The number of pyridine rings is 1. The monoisotopic (exact) mass is 284 g/mol. The lowest BCUT2D eigenvalue weighted by Crippen LogP contribution is -2.33. The molecule has 1 saturated carbocycles. The van der Waals surface area contributed by atoms with E-state index in [0.29, 0.717) is 6.04 Å². The van der Waals surface area contributed by atoms with Gasteiger partial charge in [-0.15, -0.1) is 0 Å². The molecule has 0 spiro atoms. The fourth-order valence-corrected chi connectivity index (χ4v) is 3.85. The van der Waals surface area contributed by atoms with Gasteiger partial charge in [0.1, 0.15) is 11.3 Å². The van der Waals surface area contributed by atoms with E-state index in [1.165, 1.54) is 51.0 Å². The van der Waals surface area contributed by atoms with Crippen LogP contribution in [0, 0.1) is 5.92 Å². The molecule has 4 nitrogen and oxygen atoms in total. The molecule has 1 saturated heterocycles. The van der Waals surface area contributed by atoms with E-state index in [2.05, 4.69) is 27.6 Å². The average Bonchev–Trinajstić information content (AvgIpc) is 2.76. The number of hydrogen-bond donors (Lipinski definition) is 0. The van der Waals surface area contributed by atoms with E-state index in [1.807, 2.05) is 12.3 Å². The van der Waals surface area contributed by atoms with Crippen molar-refractivity contribution < 1.29 is 0 Å². The minimum atomic E-state index is 0.640. The number of imidazole rings is 1. The fourth-order valence-electron chi connectivity index (χ4n) is 3.85. The SMILES string of the molecule is CN1CCCC(Cc2nc3cccnc3n2C2CCC2)C1. The summed E-state index contributed by atoms with van der Waals surface area (Å²) in [5.74, 6) is 2.02. The van der Waals surface area contributed by atoms with E-state index in [1.54, 1.807) is 0 Å². The molecule has 2 fully saturated rings. The molecule has 0 N–H and O–H groups in total. The van der Waals surface area contributed by atoms with Crippen molar-refractivity contribution >= 4 is 11.2 Å². The molecule has 2 aromatic heterocycles. The quantitative estimate of drug-likeness (QED) is 0.868. The molecule has 3 heterocycles. The molecule has 4 heteroatoms. The number of rotatable bonds is 3. The number of likely N-dealkylation sites (tertiary alicyclic amines) is 1. The van der Waals surface area contributed by atoms with Gasteiger partial charge in [-0.05, 0) is 63.7 Å². The molecular weight excluding hydrogens is 260 g/mol. The zero-order chi connectivity index (χ0) is 14.2. The van der Waals surface area contributed by atoms with Crippen LogP contribution in [0.15, 0.2) is 18.3 Å². The van der Waals surface area contributed by atoms with E-state index in [-0.39, 0.29) is 0 Å². The molecule has 1 atom stereocenters. The topological polar surface area (TPSA) is 34.0 Å². The molecule has 1 aliphatic heterocycles. The predicted octanol–water partition coefficient (Wildman–Crippen LogP) is 3.04. The molecular formula is C17H24N4. The van der Waals surface area contributed by atoms with Crippen molar-refractivity contribution in [2.75, 3.05) is 20.1 Å². The van der Waals surface area contributed by atoms with Crippen LogP contribution in [-0.2, 0) is 6.42 Å². The lowest BCUT2D eigenvalue weighted by atomic mass is 9.91. The van der Waals surface area contributed by atoms with Gasteiger partial charge < -0.3 is 9.47 Å². The third kappa shape index (κ3) is 2.46. The molecule has 2 aliphatic rings. The summed E-state index contributed by atoms with van der Waals surface area (Å²) in [4.78, 5) is 12.0. The van der Waals surface area contributed by atoms with Crippen molar-refractivity contribution in [2.24, 2.45) is 5.92 Å². The minimum absolute atomic E-state index is 0.640. The molecule has 0 amide bonds. The second-order valence-electron chi connectivity index (χ2n) is 6.80. The summed E-state index contributed by atoms with van der Waals surface area (Å²) < 4.78 is 2.45. The lowest BCUT2D eigenvalue weighted by Gasteiger charge is -2.32. The number of hydrogen-bond acceptors (Lipinski definition) is 3. The number of piperidine rings is 1. The van der Waals surface area contributed by atoms with E-state index in [0.717, 1.165) is 23.5 Å². The Labute approximate surface area is 126 Å². The van der Waals surface area contributed by atoms with Gasteiger partial charge in [-0.3, -0.25) is 0 Å². The van der Waals surface area contributed by atoms with Gasteiger partial charge in [-0.1, -0.05) is 0 Å². The van der Waals surface area contributed by atoms with Gasteiger partial charge in [-0.2, -0.15) is 0 Å². The van der Waals surface area contributed by atoms with Crippen LogP contribution in [0.25, 0.3) is 11.2 Å². The van der Waals surface area contributed by atoms with Gasteiger partial charge in [0.2, 0.25) is 0 Å². The molecule has 21 heavy (non-hydrogen) atoms. The highest BCUT2D eigenvalue weighted by molar-refractivity contribution is 5.71. The van der Waals surface area contributed by atoms with Crippen LogP contribution in [0.3, 0.4) is 0 Å². The molecule has 2 aromatic rings. The maximum atomic E-state index is 4.92. The fraction of sp³-hybridized carbons (Fsp3) is 0.647. The zero-order valence-corrected chi connectivity index (χ0v) is 12.8. The van der Waals surface area contributed by atoms with E-state index in [9.17, 15) is 0 Å². The average molecular weight is 284 g/mol. The Hall–Kier alpha value is -1.42. The van der Waals surface area contributed by atoms with Gasteiger partial charge in [0.25, 0.3) is 0 Å². The van der Waals surface area contributed by atoms with Crippen LogP contribution in [-0.4, -0.2) is 39.6 Å². The summed E-state index contributed by atoms with van der Waals surface area (Å²) in [5, 5.41) is 0. The highest BCUT2D eigenvalue weighted by Gasteiger charge is 2.27. The summed E-state index contributed by atoms with van der Waals surface area (Å²) in [6.45, 7) is 2.46. The van der Waals surface area contributed by atoms with Crippen molar-refractivity contribution in [1.82, 2.24) is 19.4 Å². The first-order valence-electron chi connectivity index (χ1n) is 8.31. The first-order valence-corrected chi connectivity index (χ1v) is 8.31. The number of nitrogens with zero attached hydrogens (tertiary/aromatic N) is 4. The van der Waals surface area contributed by atoms with Gasteiger partial charge in [-0.25, -0.2) is 9.97 Å². The van der Waals surface area contributed by atoms with E-state index < -0.39 is 0 Å². The normalized spacial score (nSPS) is 24.3. The minimum Gasteiger partial charge on any atom is -0.310 e. The Balaban J connectivity index is 1.66. The predicted molar refractivity (Wildman–Crippen MR) is 84.3 cm³/mol. The Morgan fingerprint density at radius 3 is 2.90 bits per heavy atom. The largest absolute Gasteiger partial charge is 0.310 e. The molecule has 0 radical (unpaired) electrons. The summed E-state index contributed by atoms with van der Waals surface area (Å²) in [5.41, 5.74) is 2.17. The van der Waals surface area contributed by atoms with Crippen LogP contribution >= 0.6 is 0 Å². The van der Waals surface area contributed by atoms with Gasteiger partial charge in [0.05, 0.1) is 0 Å². The lowest BCUT2D eigenvalue weighted by molar-refractivity contribution is 0.204. The Kier molecular flexibility index (Phi) is 3.42. The standard InChI is InChI=1S/C17H24N4/c1-20-10-4-5-13(12-20)11-16-19-15-8-3-9-18-17(15)21(16)14-6-2-7-14/h3,8-9,13-14H,2,4-7,10-12H2,1H3. The van der Waals surface area contributed by atoms with Crippen LogP contribution in [0.1, 0.15) is 44.0 Å². The smallest absolute Gasteiger partial charge is 0.160 e. The van der Waals surface area contributed by atoms with Crippen LogP contribution in [0.2, 0.25) is 0 Å². The summed E-state index contributed by atoms with van der Waals surface area (Å²) in [6, 6.07) is 4.74. The maximum Gasteiger partial charge on any atom is 0.160 e. The van der Waals surface area contributed by atoms with Crippen LogP contribution in [0.5, 0.6) is 0 Å². The van der Waals surface area contributed by atoms with Gasteiger partial charge in [0.15, 0.2) is 5.65 Å². The van der Waals surface area contributed by atoms with Crippen molar-refractivity contribution in [3.8, 4) is 0 Å². The Bertz CT molecular complexity index is 629. The second-order valence-corrected chi connectivity index (χ2v) is 6.80. The molecule has 1 aliphatic carbocycles. The third-order valence-electron chi connectivity index (χ3n) is 5.16. The van der Waals surface area contributed by atoms with Crippen molar-refractivity contribution in [3.05, 3.63) is 24.2 Å². The highest BCUT2D eigenvalue weighted by Crippen LogP contribution is 2.35. The van der Waals surface area contributed by atoms with Crippen LogP contribution < -0.4 is 0 Å². The van der Waals surface area contributed by atoms with E-state index in [4.69, 9.17) is 4.98 Å². The third-order valence-corrected chi connectivity index (χ3v) is 5.16. The molecule has 4 rings (SSSR count). The highest BCUT2D eigenvalue weighted by atomic mass is 15.2. The molecule has 0 bridgehead atoms. The summed E-state index contributed by atoms with van der Waals surface area (Å²) >= 11 is 0. The Morgan fingerprint density at radius 1 is 1.24 bits per heavy atom. The maximum absolute atomic E-state index is 4.92. The number of aromatic nitrogens is 3. The van der Waals surface area contributed by atoms with Crippen molar-refractivity contribution in [2.45, 2.75) is 44.6 Å².